The molecule has 2 aromatic rings. The van der Waals surface area contributed by atoms with E-state index in [0.29, 0.717) is 8.78 Å². The lowest BCUT2D eigenvalue weighted by Gasteiger charge is -2.33. The van der Waals surface area contributed by atoms with Crippen molar-refractivity contribution in [2.75, 3.05) is 6.54 Å². The third-order valence-corrected chi connectivity index (χ3v) is 7.73. The summed E-state index contributed by atoms with van der Waals surface area (Å²) in [6, 6.07) is 9.98. The van der Waals surface area contributed by atoms with Gasteiger partial charge < -0.3 is 9.47 Å². The molecule has 0 fully saturated rings. The van der Waals surface area contributed by atoms with E-state index in [0.717, 1.165) is 4.90 Å². The first-order valence-electron chi connectivity index (χ1n) is 12.1. The van der Waals surface area contributed by atoms with Crippen molar-refractivity contribution in [2.24, 2.45) is 0 Å². The van der Waals surface area contributed by atoms with E-state index in [-0.39, 0.29) is 22.6 Å². The molecular weight excluding hydrogens is 592 g/mol. The number of sulfonamides is 1. The Morgan fingerprint density at radius 1 is 0.872 bits per heavy atom. The molecule has 1 aliphatic rings. The molecule has 3 amide bonds. The minimum absolute atomic E-state index is 0.197. The Labute approximate surface area is 236 Å². The van der Waals surface area contributed by atoms with E-state index in [1.165, 1.54) is 36.4 Å². The maximum atomic E-state index is 13.8. The Balaban J connectivity index is 2.07. The highest BCUT2D eigenvalue weighted by Gasteiger charge is 2.45. The molecule has 0 saturated heterocycles. The van der Waals surface area contributed by atoms with Crippen molar-refractivity contribution in [3.8, 4) is 0 Å². The zero-order valence-corrected chi connectivity index (χ0v) is 25.0. The Hall–Kier alpha value is -3.25. The largest absolute Gasteiger partial charge is 0.458 e. The molecule has 1 atom stereocenters. The molecule has 0 aliphatic carbocycles. The lowest BCUT2D eigenvalue weighted by Crippen LogP contribution is -2.53. The van der Waals surface area contributed by atoms with Crippen LogP contribution < -0.4 is 0 Å². The normalized spacial score (nSPS) is 14.6. The van der Waals surface area contributed by atoms with Crippen molar-refractivity contribution in [3.63, 3.8) is 0 Å². The van der Waals surface area contributed by atoms with Gasteiger partial charge in [0.25, 0.3) is 21.8 Å². The van der Waals surface area contributed by atoms with E-state index in [1.54, 1.807) is 53.7 Å². The van der Waals surface area contributed by atoms with Gasteiger partial charge in [0.15, 0.2) is 6.04 Å². The Kier molecular flexibility index (Phi) is 8.61. The van der Waals surface area contributed by atoms with Crippen molar-refractivity contribution in [1.82, 2.24) is 9.21 Å². The van der Waals surface area contributed by atoms with E-state index in [2.05, 4.69) is 15.9 Å². The van der Waals surface area contributed by atoms with Gasteiger partial charge >= 0.3 is 12.1 Å². The van der Waals surface area contributed by atoms with Crippen LogP contribution in [0, 0.1) is 0 Å². The van der Waals surface area contributed by atoms with Crippen LogP contribution >= 0.6 is 15.9 Å². The van der Waals surface area contributed by atoms with Crippen LogP contribution in [0.2, 0.25) is 0 Å². The quantitative estimate of drug-likeness (QED) is 0.319. The van der Waals surface area contributed by atoms with Crippen LogP contribution in [0.15, 0.2) is 57.9 Å². The SMILES string of the molecule is CC(C)(C)OC(=O)[C@@H](CCN1C(=O)c2ccccc2C1=O)N(C(=O)OC(C)(C)C)S(=O)(=O)c1ccc(Br)cc1. The summed E-state index contributed by atoms with van der Waals surface area (Å²) in [5.41, 5.74) is -1.75. The molecular formula is C27H31BrN2O8S. The minimum Gasteiger partial charge on any atom is -0.458 e. The van der Waals surface area contributed by atoms with Crippen LogP contribution in [0.4, 0.5) is 4.79 Å². The lowest BCUT2D eigenvalue weighted by atomic mass is 10.1. The average Bonchev–Trinajstić information content (AvgIpc) is 3.04. The molecule has 12 heteroatoms. The summed E-state index contributed by atoms with van der Waals surface area (Å²) in [7, 11) is -4.67. The maximum Gasteiger partial charge on any atom is 0.425 e. The first-order valence-corrected chi connectivity index (χ1v) is 14.4. The number of nitrogens with zero attached hydrogens (tertiary/aromatic N) is 2. The Morgan fingerprint density at radius 3 is 1.82 bits per heavy atom. The standard InChI is InChI=1S/C27H31BrN2O8S/c1-26(2,3)37-24(33)21(15-16-29-22(31)19-9-7-8-10-20(19)23(29)32)30(25(34)38-27(4,5)6)39(35,36)18-13-11-17(28)12-14-18/h7-14,21H,15-16H2,1-6H3/t21-/m1/s1. The molecule has 0 saturated carbocycles. The molecule has 2 aromatic carbocycles. The number of esters is 1. The molecule has 0 aromatic heterocycles. The summed E-state index contributed by atoms with van der Waals surface area (Å²) in [5, 5.41) is 0. The molecule has 39 heavy (non-hydrogen) atoms. The third kappa shape index (κ3) is 7.04. The Bertz CT molecular complexity index is 1360. The first kappa shape index (κ1) is 30.3. The van der Waals surface area contributed by atoms with Crippen LogP contribution in [0.3, 0.4) is 0 Å². The number of hydrogen-bond acceptors (Lipinski definition) is 8. The van der Waals surface area contributed by atoms with Crippen molar-refractivity contribution < 1.29 is 37.1 Å². The number of halogens is 1. The van der Waals surface area contributed by atoms with Gasteiger partial charge in [0.2, 0.25) is 0 Å². The molecule has 1 heterocycles. The molecule has 1 aliphatic heterocycles. The number of ether oxygens (including phenoxy) is 2. The van der Waals surface area contributed by atoms with Crippen LogP contribution in [0.5, 0.6) is 0 Å². The second-order valence-electron chi connectivity index (χ2n) is 10.9. The first-order chi connectivity index (χ1) is 17.9. The van der Waals surface area contributed by atoms with Gasteiger partial charge in [0.05, 0.1) is 16.0 Å². The summed E-state index contributed by atoms with van der Waals surface area (Å²) >= 11 is 3.25. The monoisotopic (exact) mass is 622 g/mol. The van der Waals surface area contributed by atoms with Crippen molar-refractivity contribution >= 4 is 49.8 Å². The summed E-state index contributed by atoms with van der Waals surface area (Å²) in [5.74, 6) is -2.21. The van der Waals surface area contributed by atoms with E-state index in [9.17, 15) is 27.6 Å². The zero-order chi connectivity index (χ0) is 29.3. The van der Waals surface area contributed by atoms with Gasteiger partial charge in [-0.2, -0.15) is 4.31 Å². The van der Waals surface area contributed by atoms with Crippen LogP contribution in [0.1, 0.15) is 68.7 Å². The second kappa shape index (κ2) is 11.1. The maximum absolute atomic E-state index is 13.8. The van der Waals surface area contributed by atoms with Gasteiger partial charge in [0.1, 0.15) is 11.2 Å². The van der Waals surface area contributed by atoms with Crippen molar-refractivity contribution in [1.29, 1.82) is 0 Å². The summed E-state index contributed by atoms with van der Waals surface area (Å²) in [6.45, 7) is 9.07. The second-order valence-corrected chi connectivity index (χ2v) is 13.6. The predicted molar refractivity (Wildman–Crippen MR) is 145 cm³/mol. The van der Waals surface area contributed by atoms with E-state index < -0.39 is 57.6 Å². The van der Waals surface area contributed by atoms with Crippen LogP contribution in [-0.2, 0) is 24.3 Å². The van der Waals surface area contributed by atoms with Gasteiger partial charge in [0, 0.05) is 11.0 Å². The fourth-order valence-electron chi connectivity index (χ4n) is 3.81. The zero-order valence-electron chi connectivity index (χ0n) is 22.6. The van der Waals surface area contributed by atoms with Gasteiger partial charge in [-0.25, -0.2) is 18.0 Å². The van der Waals surface area contributed by atoms with E-state index >= 15 is 0 Å². The smallest absolute Gasteiger partial charge is 0.425 e. The van der Waals surface area contributed by atoms with E-state index in [1.807, 2.05) is 0 Å². The van der Waals surface area contributed by atoms with Gasteiger partial charge in [-0.05, 0) is 84.4 Å². The predicted octanol–water partition coefficient (Wildman–Crippen LogP) is 4.77. The number of imide groups is 1. The summed E-state index contributed by atoms with van der Waals surface area (Å²) in [4.78, 5) is 53.4. The van der Waals surface area contributed by atoms with Crippen molar-refractivity contribution in [2.45, 2.75) is 70.1 Å². The topological polar surface area (TPSA) is 127 Å². The third-order valence-electron chi connectivity index (χ3n) is 5.41. The number of carbonyl (C=O) groups excluding carboxylic acids is 4. The molecule has 0 bridgehead atoms. The van der Waals surface area contributed by atoms with Gasteiger partial charge in [-0.3, -0.25) is 14.5 Å². The number of hydrogen-bond donors (Lipinski definition) is 0. The summed E-state index contributed by atoms with van der Waals surface area (Å²) in [6.07, 6.45) is -1.72. The average molecular weight is 624 g/mol. The highest BCUT2D eigenvalue weighted by atomic mass is 79.9. The molecule has 10 nitrogen and oxygen atoms in total. The highest BCUT2D eigenvalue weighted by molar-refractivity contribution is 9.10. The van der Waals surface area contributed by atoms with Gasteiger partial charge in [-0.1, -0.05) is 28.1 Å². The molecule has 0 radical (unpaired) electrons. The minimum atomic E-state index is -4.67. The number of rotatable bonds is 7. The molecule has 0 N–H and O–H groups in total. The number of amides is 3. The fraction of sp³-hybridized carbons (Fsp3) is 0.407. The lowest BCUT2D eigenvalue weighted by molar-refractivity contribution is -0.159. The Morgan fingerprint density at radius 2 is 1.36 bits per heavy atom. The highest BCUT2D eigenvalue weighted by Crippen LogP contribution is 2.28. The molecule has 0 unspecified atom stereocenters. The summed E-state index contributed by atoms with van der Waals surface area (Å²) < 4.78 is 39.5. The number of benzene rings is 2. The molecule has 210 valence electrons. The van der Waals surface area contributed by atoms with Crippen molar-refractivity contribution in [3.05, 3.63) is 64.1 Å². The molecule has 3 rings (SSSR count). The number of carbonyl (C=O) groups is 4. The molecule has 0 spiro atoms. The number of fused-ring (bicyclic) bond motifs is 1. The van der Waals surface area contributed by atoms with Crippen LogP contribution in [0.25, 0.3) is 0 Å². The fourth-order valence-corrected chi connectivity index (χ4v) is 5.55. The van der Waals surface area contributed by atoms with Crippen LogP contribution in [-0.4, -0.2) is 65.3 Å². The van der Waals surface area contributed by atoms with E-state index in [4.69, 9.17) is 9.47 Å². The van der Waals surface area contributed by atoms with Gasteiger partial charge in [-0.15, -0.1) is 0 Å².